The Bertz CT molecular complexity index is 411. The van der Waals surface area contributed by atoms with Crippen molar-refractivity contribution in [3.8, 4) is 0 Å². The van der Waals surface area contributed by atoms with Crippen LogP contribution in [-0.2, 0) is 0 Å². The molecule has 0 saturated carbocycles. The molecule has 1 N–H and O–H groups in total. The van der Waals surface area contributed by atoms with Crippen LogP contribution in [0.25, 0.3) is 0 Å². The Morgan fingerprint density at radius 2 is 2.12 bits per heavy atom. The summed E-state index contributed by atoms with van der Waals surface area (Å²) >= 11 is 6.28. The minimum absolute atomic E-state index is 0.146. The zero-order chi connectivity index (χ0) is 12.4. The molecule has 1 aliphatic heterocycles. The topological polar surface area (TPSA) is 20.2 Å². The molecule has 6 heteroatoms. The molecule has 17 heavy (non-hydrogen) atoms. The molecular weight excluding hydrogens is 330 g/mol. The molecular formula is C11H11BrF2OS2. The molecule has 0 bridgehead atoms. The highest BCUT2D eigenvalue weighted by Gasteiger charge is 2.29. The molecule has 0 amide bonds. The fourth-order valence-corrected chi connectivity index (χ4v) is 4.77. The molecule has 2 unspecified atom stereocenters. The van der Waals surface area contributed by atoms with Crippen molar-refractivity contribution in [2.24, 2.45) is 0 Å². The highest BCUT2D eigenvalue weighted by molar-refractivity contribution is 9.10. The van der Waals surface area contributed by atoms with Crippen LogP contribution in [0.15, 0.2) is 16.6 Å². The first-order valence-electron chi connectivity index (χ1n) is 5.12. The maximum absolute atomic E-state index is 13.8. The van der Waals surface area contributed by atoms with Gasteiger partial charge >= 0.3 is 0 Å². The van der Waals surface area contributed by atoms with Crippen LogP contribution in [0.4, 0.5) is 8.78 Å². The van der Waals surface area contributed by atoms with Crippen molar-refractivity contribution in [2.75, 3.05) is 17.3 Å². The second-order valence-electron chi connectivity index (χ2n) is 3.69. The zero-order valence-electron chi connectivity index (χ0n) is 8.83. The quantitative estimate of drug-likeness (QED) is 0.830. The summed E-state index contributed by atoms with van der Waals surface area (Å²) in [5.74, 6) is 1.26. The predicted octanol–water partition coefficient (Wildman–Crippen LogP) is 3.61. The lowest BCUT2D eigenvalue weighted by atomic mass is 10.1. The Balaban J connectivity index is 2.29. The molecule has 0 spiro atoms. The summed E-state index contributed by atoms with van der Waals surface area (Å²) in [7, 11) is 0. The summed E-state index contributed by atoms with van der Waals surface area (Å²) in [5.41, 5.74) is -0.223. The van der Waals surface area contributed by atoms with Gasteiger partial charge in [-0.25, -0.2) is 8.78 Å². The summed E-state index contributed by atoms with van der Waals surface area (Å²) in [4.78, 5) is 0. The molecule has 1 saturated heterocycles. The van der Waals surface area contributed by atoms with Crippen LogP contribution in [0.1, 0.15) is 11.7 Å². The first-order valence-corrected chi connectivity index (χ1v) is 8.11. The van der Waals surface area contributed by atoms with E-state index in [9.17, 15) is 13.9 Å². The predicted molar refractivity (Wildman–Crippen MR) is 72.6 cm³/mol. The molecule has 2 rings (SSSR count). The van der Waals surface area contributed by atoms with Gasteiger partial charge in [-0.15, -0.1) is 0 Å². The molecule has 1 heterocycles. The number of thioether (sulfide) groups is 2. The van der Waals surface area contributed by atoms with E-state index < -0.39 is 17.7 Å². The van der Waals surface area contributed by atoms with E-state index >= 15 is 0 Å². The van der Waals surface area contributed by atoms with E-state index in [0.717, 1.165) is 17.3 Å². The van der Waals surface area contributed by atoms with Gasteiger partial charge in [0, 0.05) is 22.5 Å². The van der Waals surface area contributed by atoms with Crippen LogP contribution in [0.3, 0.4) is 0 Å². The van der Waals surface area contributed by atoms with E-state index in [1.165, 1.54) is 12.1 Å². The van der Waals surface area contributed by atoms with Gasteiger partial charge in [-0.3, -0.25) is 0 Å². The molecule has 0 aromatic heterocycles. The maximum Gasteiger partial charge on any atom is 0.146 e. The molecule has 0 radical (unpaired) electrons. The largest absolute Gasteiger partial charge is 0.387 e. The molecule has 0 aliphatic carbocycles. The third-order valence-electron chi connectivity index (χ3n) is 2.57. The second kappa shape index (κ2) is 5.91. The summed E-state index contributed by atoms with van der Waals surface area (Å²) < 4.78 is 27.6. The summed E-state index contributed by atoms with van der Waals surface area (Å²) in [5, 5.41) is 9.95. The van der Waals surface area contributed by atoms with Crippen LogP contribution in [-0.4, -0.2) is 27.6 Å². The number of aliphatic hydroxyl groups excluding tert-OH is 1. The van der Waals surface area contributed by atoms with Crippen LogP contribution in [0.2, 0.25) is 0 Å². The van der Waals surface area contributed by atoms with Gasteiger partial charge < -0.3 is 5.11 Å². The van der Waals surface area contributed by atoms with E-state index in [4.69, 9.17) is 0 Å². The molecule has 1 nitrogen and oxygen atoms in total. The van der Waals surface area contributed by atoms with Crippen molar-refractivity contribution in [1.29, 1.82) is 0 Å². The average Bonchev–Trinajstić information content (AvgIpc) is 2.35. The third kappa shape index (κ3) is 2.97. The standard InChI is InChI=1S/C11H11BrF2OS2/c12-6-1-2-7(13)9(10(6)14)11(15)8-5-16-3-4-17-8/h1-2,8,11,15H,3-5H2. The lowest BCUT2D eigenvalue weighted by molar-refractivity contribution is 0.170. The van der Waals surface area contributed by atoms with Crippen molar-refractivity contribution in [2.45, 2.75) is 11.4 Å². The first-order chi connectivity index (χ1) is 8.11. The molecule has 1 fully saturated rings. The minimum atomic E-state index is -1.09. The molecule has 1 aromatic carbocycles. The van der Waals surface area contributed by atoms with Crippen molar-refractivity contribution in [3.63, 3.8) is 0 Å². The lowest BCUT2D eigenvalue weighted by Gasteiger charge is -2.26. The Kier molecular flexibility index (Phi) is 4.74. The van der Waals surface area contributed by atoms with Gasteiger partial charge in [0.1, 0.15) is 11.6 Å². The maximum atomic E-state index is 13.8. The Labute approximate surface area is 115 Å². The van der Waals surface area contributed by atoms with Crippen LogP contribution in [0, 0.1) is 11.6 Å². The van der Waals surface area contributed by atoms with E-state index in [1.807, 2.05) is 0 Å². The fraction of sp³-hybridized carbons (Fsp3) is 0.455. The van der Waals surface area contributed by atoms with Crippen molar-refractivity contribution in [3.05, 3.63) is 33.8 Å². The second-order valence-corrected chi connectivity index (χ2v) is 7.04. The summed E-state index contributed by atoms with van der Waals surface area (Å²) in [6.45, 7) is 0. The fourth-order valence-electron chi connectivity index (χ4n) is 1.69. The number of rotatable bonds is 2. The van der Waals surface area contributed by atoms with Gasteiger partial charge in [0.15, 0.2) is 0 Å². The van der Waals surface area contributed by atoms with Gasteiger partial charge in [0.05, 0.1) is 16.1 Å². The number of hydrogen-bond donors (Lipinski definition) is 1. The molecule has 2 atom stereocenters. The Morgan fingerprint density at radius 1 is 1.35 bits per heavy atom. The Morgan fingerprint density at radius 3 is 2.76 bits per heavy atom. The minimum Gasteiger partial charge on any atom is -0.387 e. The highest BCUT2D eigenvalue weighted by atomic mass is 79.9. The van der Waals surface area contributed by atoms with E-state index in [0.29, 0.717) is 0 Å². The van der Waals surface area contributed by atoms with Crippen LogP contribution in [0.5, 0.6) is 0 Å². The molecule has 1 aromatic rings. The van der Waals surface area contributed by atoms with E-state index in [1.54, 1.807) is 23.5 Å². The lowest BCUT2D eigenvalue weighted by Crippen LogP contribution is -2.24. The molecule has 1 aliphatic rings. The highest BCUT2D eigenvalue weighted by Crippen LogP contribution is 2.36. The zero-order valence-corrected chi connectivity index (χ0v) is 12.0. The SMILES string of the molecule is OC(c1c(F)ccc(Br)c1F)C1CSCCS1. The molecule has 94 valence electrons. The van der Waals surface area contributed by atoms with E-state index in [-0.39, 0.29) is 15.3 Å². The van der Waals surface area contributed by atoms with Gasteiger partial charge in [-0.05, 0) is 28.1 Å². The van der Waals surface area contributed by atoms with Crippen LogP contribution < -0.4 is 0 Å². The smallest absolute Gasteiger partial charge is 0.146 e. The van der Waals surface area contributed by atoms with Crippen molar-refractivity contribution < 1.29 is 13.9 Å². The summed E-state index contributed by atoms with van der Waals surface area (Å²) in [6.07, 6.45) is -1.09. The van der Waals surface area contributed by atoms with Gasteiger partial charge in [-0.1, -0.05) is 0 Å². The van der Waals surface area contributed by atoms with Gasteiger partial charge in [0.25, 0.3) is 0 Å². The van der Waals surface area contributed by atoms with E-state index in [2.05, 4.69) is 15.9 Å². The third-order valence-corrected chi connectivity index (χ3v) is 6.03. The van der Waals surface area contributed by atoms with Crippen molar-refractivity contribution in [1.82, 2.24) is 0 Å². The Hall–Kier alpha value is 0.220. The number of benzene rings is 1. The van der Waals surface area contributed by atoms with Gasteiger partial charge in [0.2, 0.25) is 0 Å². The normalized spacial score (nSPS) is 22.5. The van der Waals surface area contributed by atoms with Crippen LogP contribution >= 0.6 is 39.5 Å². The summed E-state index contributed by atoms with van der Waals surface area (Å²) in [6, 6.07) is 2.48. The first kappa shape index (κ1) is 13.6. The van der Waals surface area contributed by atoms with Crippen molar-refractivity contribution >= 4 is 39.5 Å². The number of hydrogen-bond acceptors (Lipinski definition) is 3. The monoisotopic (exact) mass is 340 g/mol. The average molecular weight is 341 g/mol. The number of aliphatic hydroxyl groups is 1. The van der Waals surface area contributed by atoms with Gasteiger partial charge in [-0.2, -0.15) is 23.5 Å². The number of halogens is 3.